The molecule has 0 saturated carbocycles. The summed E-state index contributed by atoms with van der Waals surface area (Å²) in [7, 11) is 0. The molecule has 2 heterocycles. The van der Waals surface area contributed by atoms with Gasteiger partial charge in [0.2, 0.25) is 0 Å². The maximum absolute atomic E-state index is 10.8. The molecule has 0 aliphatic carbocycles. The Labute approximate surface area is 138 Å². The van der Waals surface area contributed by atoms with E-state index in [4.69, 9.17) is 16.7 Å². The molecule has 0 radical (unpaired) electrons. The molecule has 1 N–H and O–H groups in total. The van der Waals surface area contributed by atoms with Gasteiger partial charge in [0.1, 0.15) is 5.82 Å². The number of nitrogens with zero attached hydrogens (tertiary/aromatic N) is 2. The maximum Gasteiger partial charge on any atom is 0.328 e. The second-order valence-corrected chi connectivity index (χ2v) is 5.66. The molecule has 0 unspecified atom stereocenters. The van der Waals surface area contributed by atoms with Gasteiger partial charge in [0.25, 0.3) is 0 Å². The average molecular weight is 327 g/mol. The lowest BCUT2D eigenvalue weighted by atomic mass is 10.0. The van der Waals surface area contributed by atoms with Gasteiger partial charge in [-0.2, -0.15) is 0 Å². The summed E-state index contributed by atoms with van der Waals surface area (Å²) in [5.41, 5.74) is 3.95. The van der Waals surface area contributed by atoms with Gasteiger partial charge in [-0.15, -0.1) is 0 Å². The van der Waals surface area contributed by atoms with Crippen molar-refractivity contribution in [2.24, 2.45) is 0 Å². The highest BCUT2D eigenvalue weighted by Gasteiger charge is 2.12. The van der Waals surface area contributed by atoms with Gasteiger partial charge in [-0.05, 0) is 42.3 Å². The molecule has 3 aromatic rings. The molecule has 0 fully saturated rings. The summed E-state index contributed by atoms with van der Waals surface area (Å²) in [5, 5.41) is 9.53. The van der Waals surface area contributed by atoms with Gasteiger partial charge in [0, 0.05) is 23.7 Å². The van der Waals surface area contributed by atoms with Crippen molar-refractivity contribution in [1.29, 1.82) is 0 Å². The summed E-state index contributed by atoms with van der Waals surface area (Å²) in [6.45, 7) is 2.02. The number of benzene rings is 1. The largest absolute Gasteiger partial charge is 0.478 e. The molecule has 116 valence electrons. The van der Waals surface area contributed by atoms with E-state index in [2.05, 4.69) is 4.98 Å². The number of aryl methyl sites for hydroxylation is 1. The Hall–Kier alpha value is -2.59. The predicted molar refractivity (Wildman–Crippen MR) is 90.9 cm³/mol. The number of fused-ring (bicyclic) bond motifs is 1. The van der Waals surface area contributed by atoms with E-state index in [-0.39, 0.29) is 0 Å². The molecule has 3 rings (SSSR count). The molecule has 0 aliphatic heterocycles. The number of carboxylic acid groups (broad SMARTS) is 1. The summed E-state index contributed by atoms with van der Waals surface area (Å²) in [6.07, 6.45) is 5.05. The van der Waals surface area contributed by atoms with Crippen molar-refractivity contribution in [2.45, 2.75) is 13.3 Å². The van der Waals surface area contributed by atoms with Crippen LogP contribution in [0.15, 0.2) is 48.7 Å². The fourth-order valence-corrected chi connectivity index (χ4v) is 2.87. The van der Waals surface area contributed by atoms with Crippen molar-refractivity contribution in [3.8, 4) is 0 Å². The molecule has 5 heteroatoms. The van der Waals surface area contributed by atoms with Crippen LogP contribution in [0.4, 0.5) is 0 Å². The smallest absolute Gasteiger partial charge is 0.328 e. The van der Waals surface area contributed by atoms with E-state index in [9.17, 15) is 4.79 Å². The van der Waals surface area contributed by atoms with Crippen LogP contribution in [0.1, 0.15) is 22.6 Å². The summed E-state index contributed by atoms with van der Waals surface area (Å²) in [6, 6.07) is 11.6. The van der Waals surface area contributed by atoms with Crippen LogP contribution in [0.25, 0.3) is 11.6 Å². The molecule has 2 aromatic heterocycles. The molecular weight excluding hydrogens is 312 g/mol. The highest BCUT2D eigenvalue weighted by atomic mass is 35.5. The molecule has 0 bridgehead atoms. The van der Waals surface area contributed by atoms with Crippen LogP contribution in [-0.2, 0) is 11.2 Å². The second-order valence-electron chi connectivity index (χ2n) is 5.26. The summed E-state index contributed by atoms with van der Waals surface area (Å²) >= 11 is 6.31. The number of imidazole rings is 1. The van der Waals surface area contributed by atoms with Gasteiger partial charge in [0.15, 0.2) is 0 Å². The Morgan fingerprint density at radius 3 is 2.87 bits per heavy atom. The number of carbonyl (C=O) groups is 1. The van der Waals surface area contributed by atoms with E-state index in [1.165, 1.54) is 6.08 Å². The number of rotatable bonds is 4. The molecular formula is C18H15ClN2O2. The summed E-state index contributed by atoms with van der Waals surface area (Å²) in [5.74, 6) is -0.413. The van der Waals surface area contributed by atoms with Crippen LogP contribution >= 0.6 is 11.6 Å². The Balaban J connectivity index is 2.09. The number of hydrogen-bond donors (Lipinski definition) is 1. The number of halogens is 1. The average Bonchev–Trinajstić information content (AvgIpc) is 2.87. The fraction of sp³-hybridized carbons (Fsp3) is 0.111. The van der Waals surface area contributed by atoms with Gasteiger partial charge in [0.05, 0.1) is 11.2 Å². The van der Waals surface area contributed by atoms with Crippen molar-refractivity contribution < 1.29 is 9.90 Å². The Morgan fingerprint density at radius 1 is 1.30 bits per heavy atom. The number of carboxylic acids is 1. The molecule has 4 nitrogen and oxygen atoms in total. The predicted octanol–water partition coefficient (Wildman–Crippen LogP) is 3.98. The highest BCUT2D eigenvalue weighted by Crippen LogP contribution is 2.25. The van der Waals surface area contributed by atoms with Crippen molar-refractivity contribution >= 4 is 29.2 Å². The zero-order valence-electron chi connectivity index (χ0n) is 12.5. The van der Waals surface area contributed by atoms with Crippen LogP contribution in [0, 0.1) is 6.92 Å². The van der Waals surface area contributed by atoms with E-state index >= 15 is 0 Å². The monoisotopic (exact) mass is 326 g/mol. The first kappa shape index (κ1) is 15.3. The van der Waals surface area contributed by atoms with E-state index in [1.54, 1.807) is 0 Å². The molecule has 1 aromatic carbocycles. The minimum absolute atomic E-state index is 0.586. The topological polar surface area (TPSA) is 54.6 Å². The zero-order valence-corrected chi connectivity index (χ0v) is 13.3. The number of hydrogen-bond acceptors (Lipinski definition) is 2. The first-order valence-corrected chi connectivity index (χ1v) is 7.55. The third-order valence-electron chi connectivity index (χ3n) is 3.72. The molecule has 0 aliphatic rings. The van der Waals surface area contributed by atoms with Crippen LogP contribution in [-0.4, -0.2) is 20.5 Å². The van der Waals surface area contributed by atoms with Crippen LogP contribution in [0.2, 0.25) is 5.02 Å². The van der Waals surface area contributed by atoms with Gasteiger partial charge in [-0.1, -0.05) is 29.8 Å². The Kier molecular flexibility index (Phi) is 4.17. The molecule has 0 spiro atoms. The van der Waals surface area contributed by atoms with Gasteiger partial charge in [-0.3, -0.25) is 4.40 Å². The van der Waals surface area contributed by atoms with E-state index < -0.39 is 5.97 Å². The van der Waals surface area contributed by atoms with Crippen molar-refractivity contribution in [3.63, 3.8) is 0 Å². The van der Waals surface area contributed by atoms with Gasteiger partial charge >= 0.3 is 5.97 Å². The van der Waals surface area contributed by atoms with Crippen LogP contribution in [0.3, 0.4) is 0 Å². The highest BCUT2D eigenvalue weighted by molar-refractivity contribution is 6.31. The third kappa shape index (κ3) is 3.12. The maximum atomic E-state index is 10.8. The van der Waals surface area contributed by atoms with Crippen molar-refractivity contribution in [3.05, 3.63) is 76.3 Å². The summed E-state index contributed by atoms with van der Waals surface area (Å²) in [4.78, 5) is 15.3. The Morgan fingerprint density at radius 2 is 2.13 bits per heavy atom. The first-order chi connectivity index (χ1) is 11.1. The van der Waals surface area contributed by atoms with Gasteiger partial charge < -0.3 is 5.11 Å². The lowest BCUT2D eigenvalue weighted by Crippen LogP contribution is -1.94. The second kappa shape index (κ2) is 6.26. The van der Waals surface area contributed by atoms with E-state index in [0.29, 0.717) is 17.3 Å². The van der Waals surface area contributed by atoms with Gasteiger partial charge in [-0.25, -0.2) is 9.78 Å². The summed E-state index contributed by atoms with van der Waals surface area (Å²) < 4.78 is 1.88. The standard InChI is InChI=1S/C18H15ClN2O2/c1-12-5-4-6-14(19)13(12)11-15-16-7-2-3-10-21(16)17(20-15)8-9-18(22)23/h2-10H,11H2,1H3,(H,22,23)/b9-8+. The molecule has 0 amide bonds. The fourth-order valence-electron chi connectivity index (χ4n) is 2.58. The lowest BCUT2D eigenvalue weighted by molar-refractivity contribution is -0.131. The number of aliphatic carboxylic acids is 1. The van der Waals surface area contributed by atoms with Crippen LogP contribution < -0.4 is 0 Å². The Bertz CT molecular complexity index is 892. The van der Waals surface area contributed by atoms with Crippen molar-refractivity contribution in [1.82, 2.24) is 9.38 Å². The van der Waals surface area contributed by atoms with Crippen LogP contribution in [0.5, 0.6) is 0 Å². The van der Waals surface area contributed by atoms with E-state index in [0.717, 1.165) is 28.4 Å². The van der Waals surface area contributed by atoms with Crippen molar-refractivity contribution in [2.75, 3.05) is 0 Å². The molecule has 0 saturated heterocycles. The minimum atomic E-state index is -0.999. The molecule has 0 atom stereocenters. The third-order valence-corrected chi connectivity index (χ3v) is 4.08. The molecule has 23 heavy (non-hydrogen) atoms. The zero-order chi connectivity index (χ0) is 16.4. The number of aromatic nitrogens is 2. The first-order valence-electron chi connectivity index (χ1n) is 7.17. The normalized spacial score (nSPS) is 11.4. The SMILES string of the molecule is Cc1cccc(Cl)c1Cc1nc(/C=C/C(=O)O)n2ccccc12. The van der Waals surface area contributed by atoms with E-state index in [1.807, 2.05) is 53.9 Å². The number of pyridine rings is 1. The lowest BCUT2D eigenvalue weighted by Gasteiger charge is -2.06. The minimum Gasteiger partial charge on any atom is -0.478 e. The quantitative estimate of drug-likeness (QED) is 0.738.